The second kappa shape index (κ2) is 32.2. The number of fused-ring (bicyclic) bond motifs is 3. The quantitative estimate of drug-likeness (QED) is 0.0488. The summed E-state index contributed by atoms with van der Waals surface area (Å²) in [5.41, 5.74) is -6.78. The van der Waals surface area contributed by atoms with E-state index in [1.54, 1.807) is 26.8 Å². The van der Waals surface area contributed by atoms with Crippen molar-refractivity contribution in [2.24, 2.45) is 0 Å². The van der Waals surface area contributed by atoms with E-state index in [1.807, 2.05) is 0 Å². The maximum atomic E-state index is 14.0. The maximum Gasteiger partial charge on any atom is 0.295 e. The summed E-state index contributed by atoms with van der Waals surface area (Å²) < 4.78 is 292. The number of ketones is 3. The zero-order valence-electron chi connectivity index (χ0n) is 90.6. The van der Waals surface area contributed by atoms with E-state index in [0.29, 0.717) is 17.2 Å². The number of methoxy groups -OCH3 is 3. The molecule has 12 aromatic rings. The lowest BCUT2D eigenvalue weighted by Crippen LogP contribution is -2.40. The molecule has 0 aliphatic carbocycles. The van der Waals surface area contributed by atoms with Gasteiger partial charge in [-0.25, -0.2) is 58.5 Å². The molecule has 3 saturated heterocycles. The molecule has 110 heavy (non-hydrogen) atoms. The molecule has 0 bridgehead atoms. The van der Waals surface area contributed by atoms with Crippen LogP contribution in [0.15, 0.2) is 152 Å². The first kappa shape index (κ1) is 43.3. The van der Waals surface area contributed by atoms with Gasteiger partial charge in [0.25, 0.3) is 35.1 Å². The number of carbonyl (C=O) groups is 6. The number of aromatic nitrogens is 15. The van der Waals surface area contributed by atoms with Gasteiger partial charge in [0.1, 0.15) is 53.7 Å². The Kier molecular flexibility index (Phi) is 12.7. The number of pyridine rings is 3. The average molecular weight is 1510 g/mol. The van der Waals surface area contributed by atoms with E-state index in [-0.39, 0.29) is 140 Å². The fourth-order valence-corrected chi connectivity index (χ4v) is 11.3. The number of ether oxygens (including phenoxy) is 3. The number of amides is 3. The molecule has 3 N–H and O–H groups in total. The van der Waals surface area contributed by atoms with Crippen LogP contribution in [0.3, 0.4) is 0 Å². The minimum Gasteiger partial charge on any atom is -0.494 e. The number of nitrogens with zero attached hydrogens (tertiary/aromatic N) is 18. The molecule has 3 aliphatic rings. The largest absolute Gasteiger partial charge is 0.494 e. The summed E-state index contributed by atoms with van der Waals surface area (Å²) in [6.07, 6.45) is -4.66. The van der Waals surface area contributed by atoms with E-state index in [1.165, 1.54) is 77.6 Å². The highest BCUT2D eigenvalue weighted by atomic mass is 16.5. The summed E-state index contributed by atoms with van der Waals surface area (Å²) in [5.74, 6) is -9.57. The number of carbonyl (C=O) groups excluding carboxylic acids is 6. The Morgan fingerprint density at radius 3 is 1.09 bits per heavy atom. The first-order valence-corrected chi connectivity index (χ1v) is 32.1. The van der Waals surface area contributed by atoms with Crippen molar-refractivity contribution >= 4 is 84.9 Å². The molecule has 3 aromatic carbocycles. The summed E-state index contributed by atoms with van der Waals surface area (Å²) in [7, 11) is -9.07. The second-order valence-corrected chi connectivity index (χ2v) is 23.3. The number of benzene rings is 3. The molecule has 0 saturated carbocycles. The van der Waals surface area contributed by atoms with Crippen molar-refractivity contribution in [3.63, 3.8) is 0 Å². The molecular weight excluding hydrogens is 1400 g/mol. The molecule has 30 heteroatoms. The van der Waals surface area contributed by atoms with Crippen molar-refractivity contribution < 1.29 is 88.2 Å². The van der Waals surface area contributed by atoms with Crippen LogP contribution < -0.4 is 14.2 Å². The molecule has 3 fully saturated rings. The number of Topliss-reactive ketones (excluding diaryl/α,β-unsaturated/α-hetero) is 3. The average Bonchev–Trinajstić information content (AvgIpc) is 0.955. The van der Waals surface area contributed by atoms with Crippen LogP contribution in [-0.4, -0.2) is 184 Å². The highest BCUT2D eigenvalue weighted by Gasteiger charge is 2.35. The van der Waals surface area contributed by atoms with Gasteiger partial charge in [-0.05, 0) is 89.6 Å². The van der Waals surface area contributed by atoms with Crippen LogP contribution in [0, 0.1) is 54.3 Å². The lowest BCUT2D eigenvalue weighted by atomic mass is 9.97. The molecule has 3 aliphatic heterocycles. The number of piperidine rings is 3. The van der Waals surface area contributed by atoms with Gasteiger partial charge in [-0.15, -0.1) is 0 Å². The number of nitrogens with one attached hydrogen (secondary N) is 3. The lowest BCUT2D eigenvalue weighted by Gasteiger charge is -2.28. The normalized spacial score (nSPS) is 21.9. The summed E-state index contributed by atoms with van der Waals surface area (Å²) in [6.45, 7) is 15.2. The topological polar surface area (TPSA) is 331 Å². The smallest absolute Gasteiger partial charge is 0.295 e. The highest BCUT2D eigenvalue weighted by molar-refractivity contribution is 6.46. The molecule has 552 valence electrons. The number of likely N-dealkylation sites (tertiary alicyclic amines) is 3. The van der Waals surface area contributed by atoms with Crippen molar-refractivity contribution in [3.05, 3.63) is 248 Å². The SMILES string of the molecule is [2H]C([2H])([2H])Oc1cnc(-n2cnc(C)n2)c2[nH]cc(C(=O)C(=O)N3C([2H])([2H])C([2H])([2H])C(=C([N+]#[C-])c4ccccc4)C([2H])([2H])C3([2H])[2H])c12.[2H]c1c([2H])c(C([N+]#[C-])=C2C([2H])([2H])C([2H])([2H])N(C(=O)C(=O)c3c[nH]c4c(-n5cnc(C)n5)ncc(OC([2H])([2H])[2H])c34)C([2H])([2H])C2([2H])[2H])c([2H])c([2H])c1C.[2H]c1c([2H])c(C([N+]#[C-])=C2CCN(C(=O)C(=O)c3c[nH]c4c(-n5cnc(C)n5)ncc(OC([2H])([2H])[2H])c34)CC2)c([2H])c([2H])c1C. The number of rotatable bonds is 15. The molecule has 0 unspecified atom stereocenters. The van der Waals surface area contributed by atoms with Crippen molar-refractivity contribution in [1.82, 2.24) is 88.9 Å². The minimum atomic E-state index is -4.00. The van der Waals surface area contributed by atoms with Gasteiger partial charge in [-0.2, -0.15) is 15.3 Å². The van der Waals surface area contributed by atoms with Crippen molar-refractivity contribution in [2.75, 3.05) is 60.2 Å². The molecule has 0 atom stereocenters. The number of aryl methyl sites for hydroxylation is 3. The van der Waals surface area contributed by atoms with E-state index in [0.717, 1.165) is 35.7 Å². The Morgan fingerprint density at radius 2 is 0.773 bits per heavy atom. The fourth-order valence-electron chi connectivity index (χ4n) is 11.3. The van der Waals surface area contributed by atoms with Crippen LogP contribution >= 0.6 is 0 Å². The molecule has 0 spiro atoms. The monoisotopic (exact) mass is 1500 g/mol. The Balaban J connectivity index is 0.000000181. The van der Waals surface area contributed by atoms with Crippen molar-refractivity contribution in [3.8, 4) is 34.7 Å². The van der Waals surface area contributed by atoms with E-state index in [2.05, 4.69) is 74.7 Å². The lowest BCUT2D eigenvalue weighted by molar-refractivity contribution is -0.127. The summed E-state index contributed by atoms with van der Waals surface area (Å²) in [4.78, 5) is 126. The first-order valence-electron chi connectivity index (χ1n) is 48.6. The number of aromatic amines is 3. The predicted octanol–water partition coefficient (Wildman–Crippen LogP) is 11.4. The Bertz CT molecular complexity index is 7450. The van der Waals surface area contributed by atoms with E-state index >= 15 is 0 Å². The predicted molar refractivity (Wildman–Crippen MR) is 407 cm³/mol. The van der Waals surface area contributed by atoms with Gasteiger partial charge in [-0.1, -0.05) is 107 Å². The fraction of sp³-hybridized carbons (Fsp3) is 0.250. The molecule has 30 nitrogen and oxygen atoms in total. The van der Waals surface area contributed by atoms with Crippen molar-refractivity contribution in [1.29, 1.82) is 0 Å². The van der Waals surface area contributed by atoms with Gasteiger partial charge in [0.2, 0.25) is 0 Å². The van der Waals surface area contributed by atoms with Crippen LogP contribution in [-0.2, 0) is 14.4 Å². The van der Waals surface area contributed by atoms with Crippen LogP contribution in [0.25, 0.3) is 81.8 Å². The Hall–Kier alpha value is -14.3. The second-order valence-electron chi connectivity index (χ2n) is 23.3. The third-order valence-corrected chi connectivity index (χ3v) is 16.5. The Labute approximate surface area is 676 Å². The standard InChI is InChI=1S/2C27H25N7O3.C26H23N7O3/c2*1-16-5-7-18(8-6-16)23(28-3)19-9-11-33(12-10-19)27(36)25(35)20-13-29-24-22(20)21(37-4)14-30-26(24)34-15-31-17(2)32-34;1-16-30-15-33(31-16)25-23-21(20(36-3)14-29-25)19(13-28-23)24(34)26(35)32-11-9-18(10-12-32)22(27-2)17-7-5-4-6-8-17/h2*5-8,13-15,29H,9-12H2,1-2,4H3;4-8,13-15,28H,9-12H2,1,3H3/i4D3,5D,6D,7D,8D,9D2,10D2,11D2,12D2;4D3,5D,6D,7D,8D;3D3,9D2,10D2,11D2,12D2. The van der Waals surface area contributed by atoms with Crippen LogP contribution in [0.4, 0.5) is 0 Å². The van der Waals surface area contributed by atoms with E-state index in [9.17, 15) is 28.8 Å². The summed E-state index contributed by atoms with van der Waals surface area (Å²) in [6, 6.07) is 2.91. The zero-order chi connectivity index (χ0) is 106. The molecule has 9 aromatic heterocycles. The Morgan fingerprint density at radius 1 is 0.445 bits per heavy atom. The van der Waals surface area contributed by atoms with Gasteiger partial charge in [-0.3, -0.25) is 28.8 Å². The van der Waals surface area contributed by atoms with Gasteiger partial charge >= 0.3 is 0 Å². The van der Waals surface area contributed by atoms with Crippen LogP contribution in [0.2, 0.25) is 0 Å². The van der Waals surface area contributed by atoms with Gasteiger partial charge in [0.05, 0.1) is 132 Å². The summed E-state index contributed by atoms with van der Waals surface area (Å²) >= 11 is 0. The third kappa shape index (κ3) is 14.9. The van der Waals surface area contributed by atoms with E-state index < -0.39 is 198 Å². The molecule has 12 heterocycles. The van der Waals surface area contributed by atoms with E-state index in [4.69, 9.17) is 79.2 Å². The van der Waals surface area contributed by atoms with Gasteiger partial charge in [0.15, 0.2) is 34.5 Å². The molecule has 0 radical (unpaired) electrons. The zero-order valence-corrected chi connectivity index (χ0v) is 57.6. The molecular formula is C80H73N21O9. The highest BCUT2D eigenvalue weighted by Crippen LogP contribution is 2.38. The first-order chi connectivity index (χ1) is 66.2. The van der Waals surface area contributed by atoms with Gasteiger partial charge < -0.3 is 43.9 Å². The summed E-state index contributed by atoms with van der Waals surface area (Å²) in [5, 5.41) is 11.7. The minimum absolute atomic E-state index is 0.00638. The molecule has 15 rings (SSSR count). The van der Waals surface area contributed by atoms with Crippen LogP contribution in [0.5, 0.6) is 17.2 Å². The van der Waals surface area contributed by atoms with Crippen LogP contribution in [0.1, 0.15) is 160 Å². The number of H-pyrrole nitrogens is 3. The van der Waals surface area contributed by atoms with Gasteiger partial charge in [0, 0.05) is 79.6 Å². The maximum absolute atomic E-state index is 14.0. The van der Waals surface area contributed by atoms with Crippen molar-refractivity contribution in [2.45, 2.75) is 73.0 Å². The number of hydrogen-bond acceptors (Lipinski definition) is 18. The molecule has 3 amide bonds. The number of hydrogen-bond donors (Lipinski definition) is 3. The third-order valence-electron chi connectivity index (χ3n) is 16.5.